The maximum absolute atomic E-state index is 6.18. The molecule has 2 aromatic rings. The lowest BCUT2D eigenvalue weighted by atomic mass is 10.1. The summed E-state index contributed by atoms with van der Waals surface area (Å²) in [7, 11) is 0. The van der Waals surface area contributed by atoms with Crippen molar-refractivity contribution in [3.8, 4) is 0 Å². The zero-order valence-electron chi connectivity index (χ0n) is 12.1. The van der Waals surface area contributed by atoms with Gasteiger partial charge in [-0.2, -0.15) is 0 Å². The second kappa shape index (κ2) is 5.01. The molecular weight excluding hydrogens is 234 g/mol. The van der Waals surface area contributed by atoms with Gasteiger partial charge < -0.3 is 9.73 Å². The number of nitrogens with one attached hydrogen (secondary N) is 1. The van der Waals surface area contributed by atoms with Crippen LogP contribution in [-0.2, 0) is 0 Å². The normalized spacial score (nSPS) is 17.0. The lowest BCUT2D eigenvalue weighted by Gasteiger charge is -2.15. The van der Waals surface area contributed by atoms with Gasteiger partial charge in [-0.15, -0.1) is 0 Å². The summed E-state index contributed by atoms with van der Waals surface area (Å²) < 4.78 is 6.18. The van der Waals surface area contributed by atoms with Crippen LogP contribution in [0.3, 0.4) is 0 Å². The minimum absolute atomic E-state index is 0.409. The van der Waals surface area contributed by atoms with Crippen LogP contribution in [-0.4, -0.2) is 6.54 Å². The monoisotopic (exact) mass is 257 g/mol. The van der Waals surface area contributed by atoms with Crippen molar-refractivity contribution in [1.29, 1.82) is 0 Å². The topological polar surface area (TPSA) is 25.2 Å². The molecule has 0 radical (unpaired) electrons. The standard InChI is InChI=1S/C17H23NO/c1-4-9-18-16(13-7-8-13)15-10-14-6-5-11(2)12(3)17(14)19-15/h5-6,10,13,16,18H,4,7-9H2,1-3H3. The summed E-state index contributed by atoms with van der Waals surface area (Å²) in [4.78, 5) is 0. The number of hydrogen-bond donors (Lipinski definition) is 1. The quantitative estimate of drug-likeness (QED) is 0.853. The molecule has 2 nitrogen and oxygen atoms in total. The summed E-state index contributed by atoms with van der Waals surface area (Å²) in [6.07, 6.45) is 3.83. The fourth-order valence-electron chi connectivity index (χ4n) is 2.74. The second-order valence-electron chi connectivity index (χ2n) is 5.84. The molecule has 0 aliphatic heterocycles. The van der Waals surface area contributed by atoms with Crippen molar-refractivity contribution in [3.05, 3.63) is 35.1 Å². The van der Waals surface area contributed by atoms with Crippen LogP contribution in [0.5, 0.6) is 0 Å². The molecule has 1 aromatic heterocycles. The van der Waals surface area contributed by atoms with Gasteiger partial charge in [0, 0.05) is 5.39 Å². The molecule has 1 saturated carbocycles. The minimum atomic E-state index is 0.409. The van der Waals surface area contributed by atoms with E-state index in [1.165, 1.54) is 35.8 Å². The molecule has 0 saturated heterocycles. The SMILES string of the molecule is CCCNC(c1cc2ccc(C)c(C)c2o1)C1CC1. The number of aryl methyl sites for hydroxylation is 2. The zero-order chi connectivity index (χ0) is 13.4. The van der Waals surface area contributed by atoms with Crippen molar-refractivity contribution in [2.24, 2.45) is 5.92 Å². The van der Waals surface area contributed by atoms with E-state index in [1.54, 1.807) is 0 Å². The molecule has 102 valence electrons. The molecule has 1 unspecified atom stereocenters. The summed E-state index contributed by atoms with van der Waals surface area (Å²) >= 11 is 0. The minimum Gasteiger partial charge on any atom is -0.459 e. The van der Waals surface area contributed by atoms with Crippen LogP contribution in [0.2, 0.25) is 0 Å². The maximum Gasteiger partial charge on any atom is 0.137 e. The van der Waals surface area contributed by atoms with Gasteiger partial charge in [0.2, 0.25) is 0 Å². The Bertz CT molecular complexity index is 580. The Morgan fingerprint density at radius 2 is 2.11 bits per heavy atom. The second-order valence-corrected chi connectivity index (χ2v) is 5.84. The summed E-state index contributed by atoms with van der Waals surface area (Å²) in [6.45, 7) is 7.57. The summed E-state index contributed by atoms with van der Waals surface area (Å²) in [5.41, 5.74) is 3.64. The van der Waals surface area contributed by atoms with Gasteiger partial charge in [-0.05, 0) is 62.8 Å². The smallest absolute Gasteiger partial charge is 0.137 e. The van der Waals surface area contributed by atoms with Crippen molar-refractivity contribution in [2.45, 2.75) is 46.1 Å². The molecule has 1 N–H and O–H groups in total. The molecule has 1 fully saturated rings. The van der Waals surface area contributed by atoms with Gasteiger partial charge in [-0.1, -0.05) is 19.1 Å². The van der Waals surface area contributed by atoms with Crippen LogP contribution >= 0.6 is 0 Å². The zero-order valence-corrected chi connectivity index (χ0v) is 12.1. The van der Waals surface area contributed by atoms with Crippen molar-refractivity contribution in [2.75, 3.05) is 6.54 Å². The molecule has 1 aliphatic carbocycles. The largest absolute Gasteiger partial charge is 0.459 e. The highest BCUT2D eigenvalue weighted by atomic mass is 16.3. The molecule has 1 heterocycles. The number of hydrogen-bond acceptors (Lipinski definition) is 2. The van der Waals surface area contributed by atoms with E-state index in [2.05, 4.69) is 44.3 Å². The Balaban J connectivity index is 1.96. The molecule has 3 rings (SSSR count). The fraction of sp³-hybridized carbons (Fsp3) is 0.529. The highest BCUT2D eigenvalue weighted by Crippen LogP contribution is 2.42. The van der Waals surface area contributed by atoms with Crippen LogP contribution in [0.25, 0.3) is 11.0 Å². The van der Waals surface area contributed by atoms with Gasteiger partial charge in [-0.3, -0.25) is 0 Å². The van der Waals surface area contributed by atoms with Crippen LogP contribution in [0, 0.1) is 19.8 Å². The molecule has 1 atom stereocenters. The number of benzene rings is 1. The van der Waals surface area contributed by atoms with Gasteiger partial charge in [0.1, 0.15) is 11.3 Å². The van der Waals surface area contributed by atoms with Gasteiger partial charge in [0.25, 0.3) is 0 Å². The first-order chi connectivity index (χ1) is 9.20. The Morgan fingerprint density at radius 3 is 2.79 bits per heavy atom. The number of fused-ring (bicyclic) bond motifs is 1. The molecule has 0 amide bonds. The van der Waals surface area contributed by atoms with Gasteiger partial charge in [-0.25, -0.2) is 0 Å². The predicted octanol–water partition coefficient (Wildman–Crippen LogP) is 4.50. The summed E-state index contributed by atoms with van der Waals surface area (Å²) in [5.74, 6) is 1.90. The average molecular weight is 257 g/mol. The fourth-order valence-corrected chi connectivity index (χ4v) is 2.74. The van der Waals surface area contributed by atoms with Crippen molar-refractivity contribution >= 4 is 11.0 Å². The molecule has 0 spiro atoms. The number of furan rings is 1. The van der Waals surface area contributed by atoms with E-state index in [-0.39, 0.29) is 0 Å². The van der Waals surface area contributed by atoms with Crippen molar-refractivity contribution < 1.29 is 4.42 Å². The van der Waals surface area contributed by atoms with Crippen LogP contribution in [0.15, 0.2) is 22.6 Å². The van der Waals surface area contributed by atoms with Crippen LogP contribution in [0.1, 0.15) is 49.1 Å². The Hall–Kier alpha value is -1.28. The van der Waals surface area contributed by atoms with E-state index in [9.17, 15) is 0 Å². The van der Waals surface area contributed by atoms with Crippen LogP contribution < -0.4 is 5.32 Å². The molecule has 19 heavy (non-hydrogen) atoms. The van der Waals surface area contributed by atoms with Gasteiger partial charge >= 0.3 is 0 Å². The first-order valence-electron chi connectivity index (χ1n) is 7.43. The molecule has 0 bridgehead atoms. The van der Waals surface area contributed by atoms with E-state index < -0.39 is 0 Å². The molecular formula is C17H23NO. The summed E-state index contributed by atoms with van der Waals surface area (Å²) in [5, 5.41) is 4.89. The van der Waals surface area contributed by atoms with E-state index in [1.807, 2.05) is 0 Å². The lowest BCUT2D eigenvalue weighted by Crippen LogP contribution is -2.23. The Labute approximate surface area is 115 Å². The first kappa shape index (κ1) is 12.7. The molecule has 2 heteroatoms. The average Bonchev–Trinajstić information content (AvgIpc) is 3.14. The van der Waals surface area contributed by atoms with E-state index in [4.69, 9.17) is 4.42 Å². The van der Waals surface area contributed by atoms with E-state index >= 15 is 0 Å². The molecule has 1 aliphatic rings. The van der Waals surface area contributed by atoms with Gasteiger partial charge in [0.05, 0.1) is 6.04 Å². The van der Waals surface area contributed by atoms with E-state index in [0.29, 0.717) is 6.04 Å². The third kappa shape index (κ3) is 2.42. The maximum atomic E-state index is 6.18. The highest BCUT2D eigenvalue weighted by molar-refractivity contribution is 5.82. The van der Waals surface area contributed by atoms with E-state index in [0.717, 1.165) is 23.8 Å². The third-order valence-corrected chi connectivity index (χ3v) is 4.24. The predicted molar refractivity (Wildman–Crippen MR) is 79.4 cm³/mol. The molecule has 1 aromatic carbocycles. The van der Waals surface area contributed by atoms with Crippen molar-refractivity contribution in [1.82, 2.24) is 5.32 Å². The van der Waals surface area contributed by atoms with Crippen LogP contribution in [0.4, 0.5) is 0 Å². The lowest BCUT2D eigenvalue weighted by molar-refractivity contribution is 0.396. The number of rotatable bonds is 5. The van der Waals surface area contributed by atoms with Gasteiger partial charge in [0.15, 0.2) is 0 Å². The Kier molecular flexibility index (Phi) is 3.36. The Morgan fingerprint density at radius 1 is 1.32 bits per heavy atom. The highest BCUT2D eigenvalue weighted by Gasteiger charge is 2.34. The summed E-state index contributed by atoms with van der Waals surface area (Å²) in [6, 6.07) is 7.00. The third-order valence-electron chi connectivity index (χ3n) is 4.24. The van der Waals surface area contributed by atoms with Crippen molar-refractivity contribution in [3.63, 3.8) is 0 Å². The first-order valence-corrected chi connectivity index (χ1v) is 7.43.